The molecular weight excluding hydrogens is 314 g/mol. The zero-order valence-electron chi connectivity index (χ0n) is 13.1. The first-order chi connectivity index (χ1) is 10.6. The third-order valence-corrected chi connectivity index (χ3v) is 6.22. The Morgan fingerprint density at radius 2 is 2.18 bits per heavy atom. The maximum Gasteiger partial charge on any atom is 0.270 e. The van der Waals surface area contributed by atoms with Crippen molar-refractivity contribution < 1.29 is 4.79 Å². The van der Waals surface area contributed by atoms with Gasteiger partial charge in [0.1, 0.15) is 0 Å². The molecule has 22 heavy (non-hydrogen) atoms. The van der Waals surface area contributed by atoms with Crippen LogP contribution in [0.1, 0.15) is 53.4 Å². The molecule has 120 valence electrons. The van der Waals surface area contributed by atoms with E-state index in [1.165, 1.54) is 30.6 Å². The smallest absolute Gasteiger partial charge is 0.270 e. The number of carbonyl (C=O) groups is 1. The number of rotatable bonds is 3. The van der Waals surface area contributed by atoms with Crippen molar-refractivity contribution in [3.63, 3.8) is 0 Å². The van der Waals surface area contributed by atoms with Gasteiger partial charge in [-0.1, -0.05) is 13.3 Å². The molecule has 2 aliphatic rings. The van der Waals surface area contributed by atoms with Crippen LogP contribution in [0.25, 0.3) is 0 Å². The highest BCUT2D eigenvalue weighted by atomic mass is 32.1. The Morgan fingerprint density at radius 1 is 1.36 bits per heavy atom. The summed E-state index contributed by atoms with van der Waals surface area (Å²) in [7, 11) is 0. The molecule has 1 aromatic rings. The molecule has 1 heterocycles. The lowest BCUT2D eigenvalue weighted by Crippen LogP contribution is -2.50. The second kappa shape index (κ2) is 6.54. The van der Waals surface area contributed by atoms with Gasteiger partial charge in [-0.05, 0) is 62.2 Å². The maximum absolute atomic E-state index is 12.3. The van der Waals surface area contributed by atoms with E-state index in [-0.39, 0.29) is 5.91 Å². The second-order valence-corrected chi connectivity index (χ2v) is 7.86. The van der Waals surface area contributed by atoms with E-state index in [2.05, 4.69) is 30.0 Å². The standard InChI is InChI=1S/C16H23N3OS2/c1-3-12-9(2)22-8-13(12)15(20)18-19-16(21)17-14-7-10-4-5-11(14)6-10/h8,10-11,14H,3-7H2,1-2H3,(H,18,20)(H2,17,19,21)/t10-,11-,14-/m0/s1. The van der Waals surface area contributed by atoms with Crippen LogP contribution in [0.5, 0.6) is 0 Å². The fourth-order valence-corrected chi connectivity index (χ4v) is 5.06. The molecule has 3 atom stereocenters. The molecule has 0 aliphatic heterocycles. The van der Waals surface area contributed by atoms with E-state index in [0.717, 1.165) is 29.4 Å². The summed E-state index contributed by atoms with van der Waals surface area (Å²) in [5.41, 5.74) is 7.44. The molecule has 2 fully saturated rings. The Morgan fingerprint density at radius 3 is 2.82 bits per heavy atom. The largest absolute Gasteiger partial charge is 0.358 e. The van der Waals surface area contributed by atoms with E-state index in [1.54, 1.807) is 11.3 Å². The second-order valence-electron chi connectivity index (χ2n) is 6.37. The van der Waals surface area contributed by atoms with Gasteiger partial charge in [-0.2, -0.15) is 0 Å². The molecule has 1 amide bonds. The average Bonchev–Trinajstić information content (AvgIpc) is 3.19. The van der Waals surface area contributed by atoms with Gasteiger partial charge in [0.2, 0.25) is 0 Å². The fourth-order valence-electron chi connectivity index (χ4n) is 3.92. The first kappa shape index (κ1) is 15.7. The number of hydrazine groups is 1. The lowest BCUT2D eigenvalue weighted by atomic mass is 9.96. The molecule has 3 N–H and O–H groups in total. The van der Waals surface area contributed by atoms with E-state index in [9.17, 15) is 4.79 Å². The molecular formula is C16H23N3OS2. The number of amides is 1. The molecule has 2 bridgehead atoms. The minimum atomic E-state index is -0.113. The van der Waals surface area contributed by atoms with Crippen molar-refractivity contribution >= 4 is 34.6 Å². The molecule has 2 saturated carbocycles. The number of hydrogen-bond acceptors (Lipinski definition) is 3. The molecule has 2 aliphatic carbocycles. The van der Waals surface area contributed by atoms with Crippen LogP contribution in [0.3, 0.4) is 0 Å². The van der Waals surface area contributed by atoms with Gasteiger partial charge in [-0.15, -0.1) is 11.3 Å². The maximum atomic E-state index is 12.3. The van der Waals surface area contributed by atoms with Crippen LogP contribution >= 0.6 is 23.6 Å². The summed E-state index contributed by atoms with van der Waals surface area (Å²) in [6.45, 7) is 4.12. The predicted octanol–water partition coefficient (Wildman–Crippen LogP) is 2.92. The molecule has 0 radical (unpaired) electrons. The van der Waals surface area contributed by atoms with E-state index in [4.69, 9.17) is 12.2 Å². The van der Waals surface area contributed by atoms with Crippen molar-refractivity contribution in [1.82, 2.24) is 16.2 Å². The van der Waals surface area contributed by atoms with Gasteiger partial charge in [0.05, 0.1) is 5.56 Å². The van der Waals surface area contributed by atoms with Crippen LogP contribution in [-0.2, 0) is 6.42 Å². The summed E-state index contributed by atoms with van der Waals surface area (Å²) in [6, 6.07) is 0.477. The van der Waals surface area contributed by atoms with Crippen LogP contribution in [0.4, 0.5) is 0 Å². The summed E-state index contributed by atoms with van der Waals surface area (Å²) in [6.07, 6.45) is 6.10. The molecule has 1 aromatic heterocycles. The van der Waals surface area contributed by atoms with E-state index >= 15 is 0 Å². The van der Waals surface area contributed by atoms with Crippen LogP contribution in [0, 0.1) is 18.8 Å². The first-order valence-corrected chi connectivity index (χ1v) is 9.31. The quantitative estimate of drug-likeness (QED) is 0.586. The fraction of sp³-hybridized carbons (Fsp3) is 0.625. The first-order valence-electron chi connectivity index (χ1n) is 8.02. The van der Waals surface area contributed by atoms with E-state index < -0.39 is 0 Å². The van der Waals surface area contributed by atoms with Crippen molar-refractivity contribution in [1.29, 1.82) is 0 Å². The SMILES string of the molecule is CCc1c(C(=O)NNC(=S)N[C@H]2C[C@H]3CC[C@H]2C3)csc1C. The Kier molecular flexibility index (Phi) is 4.68. The third-order valence-electron chi connectivity index (χ3n) is 5.05. The third kappa shape index (κ3) is 3.13. The van der Waals surface area contributed by atoms with Gasteiger partial charge in [0, 0.05) is 16.3 Å². The highest BCUT2D eigenvalue weighted by molar-refractivity contribution is 7.80. The Labute approximate surface area is 141 Å². The summed E-state index contributed by atoms with van der Waals surface area (Å²) in [5.74, 6) is 1.52. The summed E-state index contributed by atoms with van der Waals surface area (Å²) in [4.78, 5) is 13.5. The Hall–Kier alpha value is -1.14. The number of carbonyl (C=O) groups excluding carboxylic acids is 1. The number of hydrogen-bond donors (Lipinski definition) is 3. The van der Waals surface area contributed by atoms with E-state index in [1.807, 2.05) is 5.38 Å². The van der Waals surface area contributed by atoms with Gasteiger partial charge in [-0.3, -0.25) is 15.6 Å². The van der Waals surface area contributed by atoms with Gasteiger partial charge in [0.25, 0.3) is 5.91 Å². The topological polar surface area (TPSA) is 53.2 Å². The summed E-state index contributed by atoms with van der Waals surface area (Å²) in [5, 5.41) is 5.80. The van der Waals surface area contributed by atoms with Gasteiger partial charge < -0.3 is 5.32 Å². The summed E-state index contributed by atoms with van der Waals surface area (Å²) >= 11 is 6.92. The average molecular weight is 338 g/mol. The number of thiocarbonyl (C=S) groups is 1. The van der Waals surface area contributed by atoms with Gasteiger partial charge in [0.15, 0.2) is 5.11 Å². The van der Waals surface area contributed by atoms with Crippen LogP contribution < -0.4 is 16.2 Å². The van der Waals surface area contributed by atoms with Crippen LogP contribution in [0.15, 0.2) is 5.38 Å². The normalized spacial score (nSPS) is 26.0. The van der Waals surface area contributed by atoms with Gasteiger partial charge >= 0.3 is 0 Å². The lowest BCUT2D eigenvalue weighted by Gasteiger charge is -2.24. The molecule has 0 unspecified atom stereocenters. The lowest BCUT2D eigenvalue weighted by molar-refractivity contribution is 0.0943. The highest BCUT2D eigenvalue weighted by Gasteiger charge is 2.39. The molecule has 3 rings (SSSR count). The molecule has 0 aromatic carbocycles. The van der Waals surface area contributed by atoms with Crippen LogP contribution in [-0.4, -0.2) is 17.1 Å². The Balaban J connectivity index is 1.49. The van der Waals surface area contributed by atoms with Gasteiger partial charge in [-0.25, -0.2) is 0 Å². The molecule has 4 nitrogen and oxygen atoms in total. The number of fused-ring (bicyclic) bond motifs is 2. The van der Waals surface area contributed by atoms with Crippen molar-refractivity contribution in [3.05, 3.63) is 21.4 Å². The van der Waals surface area contributed by atoms with Crippen molar-refractivity contribution in [3.8, 4) is 0 Å². The number of thiophene rings is 1. The zero-order valence-corrected chi connectivity index (χ0v) is 14.7. The number of aryl methyl sites for hydroxylation is 1. The van der Waals surface area contributed by atoms with E-state index in [0.29, 0.717) is 11.2 Å². The Bertz CT molecular complexity index is 584. The highest BCUT2D eigenvalue weighted by Crippen LogP contribution is 2.44. The van der Waals surface area contributed by atoms with Crippen molar-refractivity contribution in [2.75, 3.05) is 0 Å². The molecule has 0 spiro atoms. The molecule has 6 heteroatoms. The van der Waals surface area contributed by atoms with Crippen molar-refractivity contribution in [2.45, 2.75) is 52.0 Å². The van der Waals surface area contributed by atoms with Crippen molar-refractivity contribution in [2.24, 2.45) is 11.8 Å². The minimum Gasteiger partial charge on any atom is -0.358 e. The van der Waals surface area contributed by atoms with Crippen LogP contribution in [0.2, 0.25) is 0 Å². The summed E-state index contributed by atoms with van der Waals surface area (Å²) < 4.78 is 0. The molecule has 0 saturated heterocycles. The number of nitrogens with one attached hydrogen (secondary N) is 3. The monoisotopic (exact) mass is 337 g/mol. The predicted molar refractivity (Wildman–Crippen MR) is 94.0 cm³/mol. The minimum absolute atomic E-state index is 0.113. The zero-order chi connectivity index (χ0) is 15.7.